The topological polar surface area (TPSA) is 91.0 Å². The summed E-state index contributed by atoms with van der Waals surface area (Å²) in [5.41, 5.74) is 1.07. The van der Waals surface area contributed by atoms with Crippen molar-refractivity contribution in [3.05, 3.63) is 52.9 Å². The fourth-order valence-electron chi connectivity index (χ4n) is 2.73. The molecule has 2 heterocycles. The number of nitrogens with zero attached hydrogens (tertiary/aromatic N) is 3. The van der Waals surface area contributed by atoms with E-state index >= 15 is 0 Å². The van der Waals surface area contributed by atoms with E-state index in [2.05, 4.69) is 25.5 Å². The van der Waals surface area contributed by atoms with Gasteiger partial charge in [0, 0.05) is 30.9 Å². The molecule has 1 aromatic heterocycles. The predicted molar refractivity (Wildman–Crippen MR) is 94.7 cm³/mol. The van der Waals surface area contributed by atoms with Crippen molar-refractivity contribution in [3.8, 4) is 16.9 Å². The highest BCUT2D eigenvalue weighted by Crippen LogP contribution is 2.39. The molecule has 8 heteroatoms. The van der Waals surface area contributed by atoms with E-state index in [1.54, 1.807) is 6.92 Å². The molecule has 1 aliphatic heterocycles. The highest BCUT2D eigenvalue weighted by molar-refractivity contribution is 6.12. The number of halogens is 1. The largest absolute Gasteiger partial charge is 0.507 e. The Morgan fingerprint density at radius 3 is 2.96 bits per heavy atom. The molecule has 0 radical (unpaired) electrons. The van der Waals surface area contributed by atoms with Crippen LogP contribution in [-0.4, -0.2) is 35.0 Å². The molecule has 7 nitrogen and oxygen atoms in total. The number of aliphatic imine (C=N–C) groups is 1. The van der Waals surface area contributed by atoms with Crippen LogP contribution in [0.15, 0.2) is 29.4 Å². The average Bonchev–Trinajstić information content (AvgIpc) is 2.64. The van der Waals surface area contributed by atoms with E-state index < -0.39 is 11.9 Å². The number of aromatic hydroxyl groups is 1. The minimum atomic E-state index is -0.741. The lowest BCUT2D eigenvalue weighted by Crippen LogP contribution is -2.43. The van der Waals surface area contributed by atoms with Crippen LogP contribution in [0.2, 0.25) is 0 Å². The summed E-state index contributed by atoms with van der Waals surface area (Å²) < 4.78 is 13.7. The van der Waals surface area contributed by atoms with Gasteiger partial charge >= 0.3 is 0 Å². The monoisotopic (exact) mass is 353 g/mol. The van der Waals surface area contributed by atoms with Crippen LogP contribution in [0, 0.1) is 19.4 Å². The third kappa shape index (κ3) is 3.32. The molecule has 1 aromatic carbocycles. The van der Waals surface area contributed by atoms with Crippen LogP contribution >= 0.6 is 0 Å². The number of aromatic nitrogens is 1. The zero-order valence-corrected chi connectivity index (χ0v) is 14.0. The number of benzene rings is 1. The van der Waals surface area contributed by atoms with E-state index in [4.69, 9.17) is 6.57 Å². The number of phenolic OH excluding ortho intramolecular Hbond substituents is 1. The third-order valence-corrected chi connectivity index (χ3v) is 3.98. The van der Waals surface area contributed by atoms with Crippen LogP contribution in [0.4, 0.5) is 10.1 Å². The van der Waals surface area contributed by atoms with Gasteiger partial charge in [-0.05, 0) is 30.5 Å². The van der Waals surface area contributed by atoms with Crippen molar-refractivity contribution < 1.29 is 14.3 Å². The molecule has 0 bridgehead atoms. The predicted octanol–water partition coefficient (Wildman–Crippen LogP) is 2.53. The molecule has 0 fully saturated rings. The number of carbonyl (C=O) groups is 1. The van der Waals surface area contributed by atoms with E-state index in [1.807, 2.05) is 0 Å². The molecule has 1 amide bonds. The first-order chi connectivity index (χ1) is 12.5. The van der Waals surface area contributed by atoms with Gasteiger partial charge in [-0.15, -0.1) is 0 Å². The van der Waals surface area contributed by atoms with Gasteiger partial charge in [-0.2, -0.15) is 4.39 Å². The van der Waals surface area contributed by atoms with Crippen LogP contribution in [0.25, 0.3) is 16.0 Å². The zero-order chi connectivity index (χ0) is 18.7. The first kappa shape index (κ1) is 17.4. The number of carbonyl (C=O) groups excluding carboxylic acids is 1. The molecule has 2 aromatic rings. The summed E-state index contributed by atoms with van der Waals surface area (Å²) in [6.07, 6.45) is 2.18. The fraction of sp³-hybridized carbons (Fsp3) is 0.222. The minimum Gasteiger partial charge on any atom is -0.507 e. The van der Waals surface area contributed by atoms with Gasteiger partial charge in [0.2, 0.25) is 5.95 Å². The van der Waals surface area contributed by atoms with Gasteiger partial charge in [-0.25, -0.2) is 9.83 Å². The van der Waals surface area contributed by atoms with Crippen LogP contribution in [0.5, 0.6) is 5.75 Å². The van der Waals surface area contributed by atoms with E-state index in [-0.39, 0.29) is 22.6 Å². The van der Waals surface area contributed by atoms with Crippen molar-refractivity contribution in [3.63, 3.8) is 0 Å². The quantitative estimate of drug-likeness (QED) is 0.572. The molecule has 3 N–H and O–H groups in total. The fourth-order valence-corrected chi connectivity index (χ4v) is 2.73. The molecular formula is C18H16FN5O2. The number of amides is 1. The molecule has 26 heavy (non-hydrogen) atoms. The van der Waals surface area contributed by atoms with Crippen molar-refractivity contribution in [2.75, 3.05) is 13.1 Å². The van der Waals surface area contributed by atoms with Gasteiger partial charge in [0.15, 0.2) is 11.6 Å². The molecule has 132 valence electrons. The maximum Gasteiger partial charge on any atom is 0.261 e. The molecule has 0 aliphatic carbocycles. The molecular weight excluding hydrogens is 337 g/mol. The van der Waals surface area contributed by atoms with Crippen LogP contribution in [-0.2, 0) is 0 Å². The summed E-state index contributed by atoms with van der Waals surface area (Å²) in [5, 5.41) is 15.9. The van der Waals surface area contributed by atoms with Gasteiger partial charge < -0.3 is 10.4 Å². The number of pyridine rings is 1. The lowest BCUT2D eigenvalue weighted by atomic mass is 9.94. The summed E-state index contributed by atoms with van der Waals surface area (Å²) in [6.45, 7) is 10.3. The molecule has 0 spiro atoms. The van der Waals surface area contributed by atoms with Crippen molar-refractivity contribution >= 4 is 17.6 Å². The summed E-state index contributed by atoms with van der Waals surface area (Å²) in [7, 11) is 0. The number of rotatable bonds is 2. The first-order valence-electron chi connectivity index (χ1n) is 7.97. The number of aryl methyl sites for hydroxylation is 1. The Morgan fingerprint density at radius 1 is 1.46 bits per heavy atom. The summed E-state index contributed by atoms with van der Waals surface area (Å²) >= 11 is 0. The number of guanidine groups is 1. The standard InChI is InChI=1S/C18H16FN5O2/c1-10-9-23-14(19)8-11(10)15-12(20-2)4-5-13(25)16(15)17(26)24-18-21-6-3-7-22-18/h4-5,8-9,25H,3,6-7H2,1H3,(H2,21,22,24,26). The van der Waals surface area contributed by atoms with Crippen molar-refractivity contribution in [1.29, 1.82) is 0 Å². The zero-order valence-electron chi connectivity index (χ0n) is 14.0. The summed E-state index contributed by atoms with van der Waals surface area (Å²) in [4.78, 5) is 23.9. The Bertz CT molecular complexity index is 949. The highest BCUT2D eigenvalue weighted by atomic mass is 19.1. The molecule has 0 atom stereocenters. The number of hydrogen-bond donors (Lipinski definition) is 3. The van der Waals surface area contributed by atoms with E-state index in [1.165, 1.54) is 18.3 Å². The van der Waals surface area contributed by atoms with Crippen molar-refractivity contribution in [1.82, 2.24) is 15.6 Å². The van der Waals surface area contributed by atoms with Gasteiger partial charge in [0.05, 0.1) is 12.1 Å². The average molecular weight is 353 g/mol. The molecule has 0 saturated heterocycles. The highest BCUT2D eigenvalue weighted by Gasteiger charge is 2.24. The Labute approximate surface area is 149 Å². The van der Waals surface area contributed by atoms with Gasteiger partial charge in [0.25, 0.3) is 5.91 Å². The van der Waals surface area contributed by atoms with Crippen molar-refractivity contribution in [2.45, 2.75) is 13.3 Å². The molecule has 1 aliphatic rings. The number of nitrogens with one attached hydrogen (secondary N) is 2. The number of hydrogen-bond acceptors (Lipinski definition) is 5. The molecule has 0 saturated carbocycles. The van der Waals surface area contributed by atoms with Crippen molar-refractivity contribution in [2.24, 2.45) is 4.99 Å². The second-order valence-electron chi connectivity index (χ2n) is 5.75. The van der Waals surface area contributed by atoms with Gasteiger partial charge in [-0.1, -0.05) is 6.07 Å². The van der Waals surface area contributed by atoms with E-state index in [0.29, 0.717) is 30.2 Å². The van der Waals surface area contributed by atoms with E-state index in [0.717, 1.165) is 12.5 Å². The number of phenols is 1. The smallest absolute Gasteiger partial charge is 0.261 e. The summed E-state index contributed by atoms with van der Waals surface area (Å²) in [5.74, 6) is -1.38. The Kier molecular flexibility index (Phi) is 4.80. The van der Waals surface area contributed by atoms with E-state index in [9.17, 15) is 14.3 Å². The van der Waals surface area contributed by atoms with Crippen LogP contribution in [0.1, 0.15) is 22.3 Å². The minimum absolute atomic E-state index is 0.109. The molecule has 3 rings (SSSR count). The Balaban J connectivity index is 2.15. The lowest BCUT2D eigenvalue weighted by molar-refractivity contribution is 0.0973. The molecule has 0 unspecified atom stereocenters. The normalized spacial score (nSPS) is 13.3. The first-order valence-corrected chi connectivity index (χ1v) is 7.97. The SMILES string of the molecule is [C-]#[N+]c1ccc(O)c(C(=O)NC2=NCCCN2)c1-c1cc(F)ncc1C. The lowest BCUT2D eigenvalue weighted by Gasteiger charge is -2.18. The van der Waals surface area contributed by atoms with Gasteiger partial charge in [-0.3, -0.25) is 15.1 Å². The van der Waals surface area contributed by atoms with Crippen LogP contribution in [0.3, 0.4) is 0 Å². The second kappa shape index (κ2) is 7.19. The second-order valence-corrected chi connectivity index (χ2v) is 5.75. The Morgan fingerprint density at radius 2 is 2.27 bits per heavy atom. The maximum atomic E-state index is 13.7. The summed E-state index contributed by atoms with van der Waals surface area (Å²) in [6, 6.07) is 3.81. The van der Waals surface area contributed by atoms with Crippen LogP contribution < -0.4 is 10.6 Å². The van der Waals surface area contributed by atoms with Gasteiger partial charge in [0.1, 0.15) is 5.75 Å². The maximum absolute atomic E-state index is 13.7. The Hall–Kier alpha value is -3.47. The third-order valence-electron chi connectivity index (χ3n) is 3.98.